The molecular weight excluding hydrogens is 479 g/mol. The Hall–Kier alpha value is -3.33. The van der Waals surface area contributed by atoms with Crippen molar-refractivity contribution < 1.29 is 9.90 Å². The molecule has 2 heterocycles. The normalized spacial score (nSPS) is 14.9. The van der Waals surface area contributed by atoms with Crippen LogP contribution >= 0.6 is 34.8 Å². The Balaban J connectivity index is 1.83. The maximum atomic E-state index is 13.0. The van der Waals surface area contributed by atoms with Crippen molar-refractivity contribution in [3.8, 4) is 11.6 Å². The number of halogens is 3. The van der Waals surface area contributed by atoms with Crippen molar-refractivity contribution >= 4 is 58.2 Å². The summed E-state index contributed by atoms with van der Waals surface area (Å²) in [6.45, 7) is 1.56. The van der Waals surface area contributed by atoms with E-state index in [0.717, 1.165) is 9.58 Å². The van der Waals surface area contributed by atoms with Gasteiger partial charge in [-0.3, -0.25) is 14.6 Å². The molecule has 1 aliphatic rings. The molecule has 0 radical (unpaired) electrons. The zero-order valence-electron chi connectivity index (χ0n) is 16.3. The zero-order chi connectivity index (χ0) is 23.2. The van der Waals surface area contributed by atoms with Gasteiger partial charge in [-0.1, -0.05) is 34.8 Å². The number of aromatic hydroxyl groups is 1. The summed E-state index contributed by atoms with van der Waals surface area (Å²) >= 11 is 18.1. The summed E-state index contributed by atoms with van der Waals surface area (Å²) in [5, 5.41) is 17.0. The van der Waals surface area contributed by atoms with Crippen LogP contribution in [0.3, 0.4) is 0 Å². The fraction of sp³-hybridized carbons (Fsp3) is 0.0476. The molecule has 2 aromatic carbocycles. The van der Waals surface area contributed by atoms with Crippen LogP contribution in [0.2, 0.25) is 15.1 Å². The van der Waals surface area contributed by atoms with Gasteiger partial charge in [0.05, 0.1) is 27.7 Å². The minimum atomic E-state index is -0.870. The fourth-order valence-electron chi connectivity index (χ4n) is 3.14. The fourth-order valence-corrected chi connectivity index (χ4v) is 3.63. The third kappa shape index (κ3) is 3.84. The Morgan fingerprint density at radius 1 is 1.00 bits per heavy atom. The summed E-state index contributed by atoms with van der Waals surface area (Å²) < 4.78 is 0.891. The first-order chi connectivity index (χ1) is 15.2. The molecule has 0 atom stereocenters. The highest BCUT2D eigenvalue weighted by Gasteiger charge is 2.31. The number of nitrogens with zero attached hydrogens (tertiary/aromatic N) is 3. The molecule has 2 N–H and O–H groups in total. The molecule has 0 fully saturated rings. The smallest absolute Gasteiger partial charge is 0.335 e. The Kier molecular flexibility index (Phi) is 5.68. The predicted molar refractivity (Wildman–Crippen MR) is 124 cm³/mol. The molecule has 0 saturated carbocycles. The van der Waals surface area contributed by atoms with Gasteiger partial charge in [0, 0.05) is 10.0 Å². The molecule has 3 aromatic rings. The van der Waals surface area contributed by atoms with Gasteiger partial charge in [0.25, 0.3) is 11.5 Å². The van der Waals surface area contributed by atoms with Crippen molar-refractivity contribution in [2.75, 3.05) is 5.01 Å². The maximum Gasteiger partial charge on any atom is 0.335 e. The van der Waals surface area contributed by atoms with Crippen molar-refractivity contribution in [3.05, 3.63) is 89.5 Å². The summed E-state index contributed by atoms with van der Waals surface area (Å²) in [7, 11) is 0. The van der Waals surface area contributed by atoms with Crippen molar-refractivity contribution in [2.45, 2.75) is 6.92 Å². The molecule has 4 rings (SSSR count). The Morgan fingerprint density at radius 2 is 1.66 bits per heavy atom. The van der Waals surface area contributed by atoms with Crippen LogP contribution in [0.4, 0.5) is 5.69 Å². The standard InChI is InChI=1S/C21H13Cl3N4O4/c1-10-14(20(31)28(26-10)17-8-12(23)4-7-16(17)24)9-15-18(29)25-21(32)27(19(15)30)13-5-2-11(22)3-6-13/h2-9,30H,1H3,(H,25,29,32). The van der Waals surface area contributed by atoms with Crippen molar-refractivity contribution in [2.24, 2.45) is 5.10 Å². The van der Waals surface area contributed by atoms with E-state index >= 15 is 0 Å². The number of hydrazone groups is 1. The summed E-state index contributed by atoms with van der Waals surface area (Å²) in [5.74, 6) is -1.23. The Labute approximate surface area is 195 Å². The molecule has 8 nitrogen and oxygen atoms in total. The van der Waals surface area contributed by atoms with Gasteiger partial charge in [0.1, 0.15) is 5.56 Å². The van der Waals surface area contributed by atoms with E-state index in [1.807, 2.05) is 0 Å². The molecule has 0 spiro atoms. The molecule has 11 heteroatoms. The highest BCUT2D eigenvalue weighted by molar-refractivity contribution is 6.38. The van der Waals surface area contributed by atoms with Crippen LogP contribution in [0.25, 0.3) is 11.8 Å². The lowest BCUT2D eigenvalue weighted by Crippen LogP contribution is -2.30. The van der Waals surface area contributed by atoms with Crippen molar-refractivity contribution in [3.63, 3.8) is 0 Å². The second kappa shape index (κ2) is 8.31. The number of anilines is 1. The van der Waals surface area contributed by atoms with Gasteiger partial charge in [0.15, 0.2) is 0 Å². The average Bonchev–Trinajstić information content (AvgIpc) is 3.01. The molecule has 0 unspecified atom stereocenters. The number of aromatic amines is 1. The largest absolute Gasteiger partial charge is 0.494 e. The molecule has 0 aliphatic carbocycles. The lowest BCUT2D eigenvalue weighted by molar-refractivity contribution is -0.114. The molecule has 1 aromatic heterocycles. The second-order valence-electron chi connectivity index (χ2n) is 6.76. The number of benzene rings is 2. The van der Waals surface area contributed by atoms with Gasteiger partial charge in [0.2, 0.25) is 5.88 Å². The molecule has 0 bridgehead atoms. The number of aromatic nitrogens is 2. The van der Waals surface area contributed by atoms with Gasteiger partial charge >= 0.3 is 5.69 Å². The van der Waals surface area contributed by atoms with E-state index in [1.54, 1.807) is 13.0 Å². The second-order valence-corrected chi connectivity index (χ2v) is 8.04. The van der Waals surface area contributed by atoms with Gasteiger partial charge in [-0.05, 0) is 55.5 Å². The number of rotatable bonds is 3. The average molecular weight is 492 g/mol. The third-order valence-electron chi connectivity index (χ3n) is 4.69. The summed E-state index contributed by atoms with van der Waals surface area (Å²) in [4.78, 5) is 40.0. The van der Waals surface area contributed by atoms with Crippen LogP contribution in [0.15, 0.2) is 62.7 Å². The Bertz CT molecular complexity index is 1440. The maximum absolute atomic E-state index is 13.0. The minimum Gasteiger partial charge on any atom is -0.494 e. The number of amides is 1. The summed E-state index contributed by atoms with van der Waals surface area (Å²) in [5.41, 5.74) is -1.19. The van der Waals surface area contributed by atoms with E-state index in [-0.39, 0.29) is 33.2 Å². The van der Waals surface area contributed by atoms with Crippen LogP contribution in [0.5, 0.6) is 5.88 Å². The number of carbonyl (C=O) groups excluding carboxylic acids is 1. The van der Waals surface area contributed by atoms with E-state index in [0.29, 0.717) is 10.0 Å². The molecule has 0 saturated heterocycles. The zero-order valence-corrected chi connectivity index (χ0v) is 18.5. The summed E-state index contributed by atoms with van der Waals surface area (Å²) in [6.07, 6.45) is 1.17. The molecule has 1 amide bonds. The van der Waals surface area contributed by atoms with Crippen molar-refractivity contribution in [1.82, 2.24) is 9.55 Å². The van der Waals surface area contributed by atoms with Gasteiger partial charge in [-0.15, -0.1) is 0 Å². The topological polar surface area (TPSA) is 108 Å². The Morgan fingerprint density at radius 3 is 2.34 bits per heavy atom. The van der Waals surface area contributed by atoms with E-state index in [4.69, 9.17) is 34.8 Å². The number of hydrogen-bond donors (Lipinski definition) is 2. The monoisotopic (exact) mass is 490 g/mol. The van der Waals surface area contributed by atoms with Gasteiger partial charge in [-0.2, -0.15) is 10.1 Å². The van der Waals surface area contributed by atoms with Crippen LogP contribution in [0.1, 0.15) is 12.5 Å². The van der Waals surface area contributed by atoms with Crippen LogP contribution in [-0.2, 0) is 4.79 Å². The predicted octanol–water partition coefficient (Wildman–Crippen LogP) is 4.00. The molecular formula is C21H13Cl3N4O4. The number of H-pyrrole nitrogens is 1. The third-order valence-corrected chi connectivity index (χ3v) is 5.50. The van der Waals surface area contributed by atoms with E-state index in [1.165, 1.54) is 42.5 Å². The first-order valence-electron chi connectivity index (χ1n) is 9.08. The summed E-state index contributed by atoms with van der Waals surface area (Å²) in [6, 6.07) is 10.6. The van der Waals surface area contributed by atoms with Gasteiger partial charge in [-0.25, -0.2) is 9.36 Å². The SMILES string of the molecule is CC1=NN(c2cc(Cl)ccc2Cl)C(=O)C1=Cc1c(O)n(-c2ccc(Cl)cc2)c(=O)[nH]c1=O. The van der Waals surface area contributed by atoms with E-state index in [2.05, 4.69) is 10.1 Å². The van der Waals surface area contributed by atoms with E-state index in [9.17, 15) is 19.5 Å². The molecule has 1 aliphatic heterocycles. The van der Waals surface area contributed by atoms with Crippen LogP contribution in [0, 0.1) is 0 Å². The highest BCUT2D eigenvalue weighted by atomic mass is 35.5. The number of carbonyl (C=O) groups is 1. The van der Waals surface area contributed by atoms with Gasteiger partial charge < -0.3 is 5.11 Å². The lowest BCUT2D eigenvalue weighted by Gasteiger charge is -2.14. The minimum absolute atomic E-state index is 0.0307. The number of hydrogen-bond acceptors (Lipinski definition) is 5. The van der Waals surface area contributed by atoms with Crippen molar-refractivity contribution in [1.29, 1.82) is 0 Å². The quantitative estimate of drug-likeness (QED) is 0.540. The van der Waals surface area contributed by atoms with Crippen LogP contribution in [-0.4, -0.2) is 26.3 Å². The highest BCUT2D eigenvalue weighted by Crippen LogP contribution is 2.33. The number of nitrogens with one attached hydrogen (secondary N) is 1. The lowest BCUT2D eigenvalue weighted by atomic mass is 10.1. The van der Waals surface area contributed by atoms with Crippen LogP contribution < -0.4 is 16.3 Å². The molecule has 162 valence electrons. The first kappa shape index (κ1) is 21.9. The molecule has 32 heavy (non-hydrogen) atoms. The first-order valence-corrected chi connectivity index (χ1v) is 10.2. The van der Waals surface area contributed by atoms with E-state index < -0.39 is 23.0 Å².